The third kappa shape index (κ3) is 3.64. The minimum absolute atomic E-state index is 0.0807. The van der Waals surface area contributed by atoms with Crippen LogP contribution in [0.3, 0.4) is 0 Å². The Balaban J connectivity index is 2.81. The Morgan fingerprint density at radius 2 is 2.12 bits per heavy atom. The summed E-state index contributed by atoms with van der Waals surface area (Å²) in [5, 5.41) is 8.63. The predicted octanol–water partition coefficient (Wildman–Crippen LogP) is 1.24. The molecule has 0 aliphatic heterocycles. The second kappa shape index (κ2) is 6.75. The van der Waals surface area contributed by atoms with Crippen molar-refractivity contribution in [2.45, 2.75) is 6.42 Å². The third-order valence-corrected chi connectivity index (χ3v) is 2.15. The molecule has 0 aliphatic carbocycles. The van der Waals surface area contributed by atoms with Crippen molar-refractivity contribution in [2.75, 3.05) is 27.4 Å². The Morgan fingerprint density at radius 1 is 1.35 bits per heavy atom. The Labute approximate surface area is 99.9 Å². The van der Waals surface area contributed by atoms with Gasteiger partial charge in [0.1, 0.15) is 17.1 Å². The van der Waals surface area contributed by atoms with Gasteiger partial charge in [-0.2, -0.15) is 0 Å². The van der Waals surface area contributed by atoms with Gasteiger partial charge in [0.25, 0.3) is 0 Å². The smallest absolute Gasteiger partial charge is 0.341 e. The predicted molar refractivity (Wildman–Crippen MR) is 61.5 cm³/mol. The van der Waals surface area contributed by atoms with Gasteiger partial charge in [0.2, 0.25) is 0 Å². The lowest BCUT2D eigenvalue weighted by molar-refractivity contribution is 0.0597. The monoisotopic (exact) mass is 240 g/mol. The van der Waals surface area contributed by atoms with Gasteiger partial charge in [-0.3, -0.25) is 0 Å². The van der Waals surface area contributed by atoms with Gasteiger partial charge >= 0.3 is 5.97 Å². The molecule has 0 aliphatic rings. The summed E-state index contributed by atoms with van der Waals surface area (Å²) in [4.78, 5) is 11.4. The molecule has 0 fully saturated rings. The number of aliphatic hydroxyl groups is 1. The van der Waals surface area contributed by atoms with Crippen LogP contribution in [0.2, 0.25) is 0 Å². The molecule has 0 unspecified atom stereocenters. The van der Waals surface area contributed by atoms with E-state index in [4.69, 9.17) is 14.6 Å². The highest BCUT2D eigenvalue weighted by atomic mass is 16.5. The molecule has 0 radical (unpaired) electrons. The number of rotatable bonds is 6. The average molecular weight is 240 g/mol. The molecule has 1 aromatic carbocycles. The highest BCUT2D eigenvalue weighted by molar-refractivity contribution is 5.92. The summed E-state index contributed by atoms with van der Waals surface area (Å²) in [6, 6.07) is 4.86. The van der Waals surface area contributed by atoms with Crippen LogP contribution in [0.1, 0.15) is 16.8 Å². The zero-order chi connectivity index (χ0) is 12.7. The van der Waals surface area contributed by atoms with Crippen molar-refractivity contribution in [3.63, 3.8) is 0 Å². The number of hydrogen-bond donors (Lipinski definition) is 1. The van der Waals surface area contributed by atoms with E-state index < -0.39 is 5.97 Å². The van der Waals surface area contributed by atoms with Crippen LogP contribution < -0.4 is 9.47 Å². The van der Waals surface area contributed by atoms with Crippen molar-refractivity contribution >= 4 is 5.97 Å². The Bertz CT molecular complexity index is 375. The number of carbonyl (C=O) groups is 1. The SMILES string of the molecule is COC(=O)c1ccc(OCCCO)cc1OC. The maximum absolute atomic E-state index is 11.4. The minimum atomic E-state index is -0.455. The Morgan fingerprint density at radius 3 is 2.71 bits per heavy atom. The number of methoxy groups -OCH3 is 2. The minimum Gasteiger partial charge on any atom is -0.496 e. The molecule has 1 rings (SSSR count). The lowest BCUT2D eigenvalue weighted by Gasteiger charge is -2.10. The lowest BCUT2D eigenvalue weighted by atomic mass is 10.2. The first-order valence-corrected chi connectivity index (χ1v) is 5.23. The zero-order valence-electron chi connectivity index (χ0n) is 9.93. The molecule has 0 spiro atoms. The molecule has 0 aromatic heterocycles. The van der Waals surface area contributed by atoms with E-state index in [-0.39, 0.29) is 6.61 Å². The molecular formula is C12H16O5. The van der Waals surface area contributed by atoms with Crippen molar-refractivity contribution in [3.8, 4) is 11.5 Å². The number of carbonyl (C=O) groups excluding carboxylic acids is 1. The summed E-state index contributed by atoms with van der Waals surface area (Å²) in [5.41, 5.74) is 0.351. The summed E-state index contributed by atoms with van der Waals surface area (Å²) in [5.74, 6) is 0.532. The molecule has 0 bridgehead atoms. The van der Waals surface area contributed by atoms with Crippen LogP contribution >= 0.6 is 0 Å². The number of ether oxygens (including phenoxy) is 3. The second-order valence-electron chi connectivity index (χ2n) is 3.28. The Hall–Kier alpha value is -1.75. The summed E-state index contributed by atoms with van der Waals surface area (Å²) < 4.78 is 15.1. The van der Waals surface area contributed by atoms with E-state index in [1.54, 1.807) is 18.2 Å². The fraction of sp³-hybridized carbons (Fsp3) is 0.417. The molecular weight excluding hydrogens is 224 g/mol. The first kappa shape index (κ1) is 13.3. The van der Waals surface area contributed by atoms with Gasteiger partial charge in [-0.15, -0.1) is 0 Å². The number of benzene rings is 1. The third-order valence-electron chi connectivity index (χ3n) is 2.15. The van der Waals surface area contributed by atoms with Gasteiger partial charge in [-0.25, -0.2) is 4.79 Å². The lowest BCUT2D eigenvalue weighted by Crippen LogP contribution is -2.05. The van der Waals surface area contributed by atoms with E-state index in [0.717, 1.165) is 0 Å². The van der Waals surface area contributed by atoms with Crippen LogP contribution in [0.5, 0.6) is 11.5 Å². The maximum Gasteiger partial charge on any atom is 0.341 e. The van der Waals surface area contributed by atoms with Gasteiger partial charge in [0.05, 0.1) is 20.8 Å². The van der Waals surface area contributed by atoms with E-state index in [2.05, 4.69) is 4.74 Å². The van der Waals surface area contributed by atoms with E-state index >= 15 is 0 Å². The molecule has 17 heavy (non-hydrogen) atoms. The molecule has 1 aromatic rings. The Kier molecular flexibility index (Phi) is 5.29. The van der Waals surface area contributed by atoms with E-state index in [1.165, 1.54) is 14.2 Å². The normalized spacial score (nSPS) is 9.82. The highest BCUT2D eigenvalue weighted by Gasteiger charge is 2.13. The van der Waals surface area contributed by atoms with Crippen LogP contribution in [-0.4, -0.2) is 38.5 Å². The second-order valence-corrected chi connectivity index (χ2v) is 3.28. The van der Waals surface area contributed by atoms with Crippen molar-refractivity contribution < 1.29 is 24.1 Å². The zero-order valence-corrected chi connectivity index (χ0v) is 9.93. The fourth-order valence-electron chi connectivity index (χ4n) is 1.29. The van der Waals surface area contributed by atoms with Gasteiger partial charge in [-0.1, -0.05) is 0 Å². The summed E-state index contributed by atoms with van der Waals surface area (Å²) in [6.07, 6.45) is 0.557. The topological polar surface area (TPSA) is 65.0 Å². The van der Waals surface area contributed by atoms with Crippen molar-refractivity contribution in [1.29, 1.82) is 0 Å². The van der Waals surface area contributed by atoms with Crippen molar-refractivity contribution in [2.24, 2.45) is 0 Å². The van der Waals surface area contributed by atoms with Crippen LogP contribution in [0.4, 0.5) is 0 Å². The van der Waals surface area contributed by atoms with Crippen molar-refractivity contribution in [3.05, 3.63) is 23.8 Å². The molecule has 0 amide bonds. The van der Waals surface area contributed by atoms with Crippen LogP contribution in [0, 0.1) is 0 Å². The first-order chi connectivity index (χ1) is 8.22. The van der Waals surface area contributed by atoms with Gasteiger partial charge < -0.3 is 19.3 Å². The van der Waals surface area contributed by atoms with E-state index in [0.29, 0.717) is 30.1 Å². The molecule has 0 saturated carbocycles. The molecule has 94 valence electrons. The molecule has 1 N–H and O–H groups in total. The molecule has 5 nitrogen and oxygen atoms in total. The van der Waals surface area contributed by atoms with Crippen LogP contribution in [0.25, 0.3) is 0 Å². The van der Waals surface area contributed by atoms with Crippen LogP contribution in [0.15, 0.2) is 18.2 Å². The summed E-state index contributed by atoms with van der Waals surface area (Å²) in [6.45, 7) is 0.495. The number of esters is 1. The van der Waals surface area contributed by atoms with Gasteiger partial charge in [-0.05, 0) is 12.1 Å². The van der Waals surface area contributed by atoms with Gasteiger partial charge in [0, 0.05) is 19.1 Å². The molecule has 0 atom stereocenters. The largest absolute Gasteiger partial charge is 0.496 e. The van der Waals surface area contributed by atoms with Crippen molar-refractivity contribution in [1.82, 2.24) is 0 Å². The van der Waals surface area contributed by atoms with E-state index in [1.807, 2.05) is 0 Å². The number of aliphatic hydroxyl groups excluding tert-OH is 1. The van der Waals surface area contributed by atoms with E-state index in [9.17, 15) is 4.79 Å². The average Bonchev–Trinajstić information content (AvgIpc) is 2.38. The van der Waals surface area contributed by atoms with Crippen LogP contribution in [-0.2, 0) is 4.74 Å². The summed E-state index contributed by atoms with van der Waals surface area (Å²) in [7, 11) is 2.78. The molecule has 0 saturated heterocycles. The number of hydrogen-bond acceptors (Lipinski definition) is 5. The first-order valence-electron chi connectivity index (χ1n) is 5.23. The quantitative estimate of drug-likeness (QED) is 0.598. The standard InChI is InChI=1S/C12H16O5/c1-15-11-8-9(17-7-3-6-13)4-5-10(11)12(14)16-2/h4-5,8,13H,3,6-7H2,1-2H3. The maximum atomic E-state index is 11.4. The molecule has 5 heteroatoms. The van der Waals surface area contributed by atoms with Gasteiger partial charge in [0.15, 0.2) is 0 Å². The fourth-order valence-corrected chi connectivity index (χ4v) is 1.29. The summed E-state index contributed by atoms with van der Waals surface area (Å²) >= 11 is 0. The molecule has 0 heterocycles. The highest BCUT2D eigenvalue weighted by Crippen LogP contribution is 2.25.